The third-order valence-electron chi connectivity index (χ3n) is 3.26. The van der Waals surface area contributed by atoms with Crippen LogP contribution in [0.1, 0.15) is 19.3 Å². The first-order chi connectivity index (χ1) is 7.77. The van der Waals surface area contributed by atoms with Gasteiger partial charge in [0.2, 0.25) is 5.91 Å². The minimum absolute atomic E-state index is 0.0919. The molecule has 5 heteroatoms. The maximum absolute atomic E-state index is 12.1. The number of nitrogens with one attached hydrogen (secondary N) is 1. The Morgan fingerprint density at radius 3 is 2.81 bits per heavy atom. The van der Waals surface area contributed by atoms with Crippen molar-refractivity contribution in [2.75, 3.05) is 24.7 Å². The molecule has 0 aromatic carbocycles. The fraction of sp³-hybridized carbons (Fsp3) is 0.818. The van der Waals surface area contributed by atoms with E-state index in [1.54, 1.807) is 0 Å². The zero-order chi connectivity index (χ0) is 11.4. The first-order valence-corrected chi connectivity index (χ1v) is 6.80. The molecule has 2 saturated heterocycles. The van der Waals surface area contributed by atoms with Gasteiger partial charge in [-0.25, -0.2) is 0 Å². The lowest BCUT2D eigenvalue weighted by Crippen LogP contribution is -2.47. The van der Waals surface area contributed by atoms with E-state index in [9.17, 15) is 10.1 Å². The quantitative estimate of drug-likeness (QED) is 0.780. The molecule has 16 heavy (non-hydrogen) atoms. The zero-order valence-electron chi connectivity index (χ0n) is 9.20. The first kappa shape index (κ1) is 11.7. The zero-order valence-corrected chi connectivity index (χ0v) is 10.0. The lowest BCUT2D eigenvalue weighted by molar-refractivity contribution is -0.132. The maximum Gasteiger partial charge on any atom is 0.240 e. The van der Waals surface area contributed by atoms with E-state index in [1.165, 1.54) is 0 Å². The smallest absolute Gasteiger partial charge is 0.240 e. The van der Waals surface area contributed by atoms with Crippen LogP contribution in [0.25, 0.3) is 0 Å². The highest BCUT2D eigenvalue weighted by Gasteiger charge is 2.41. The number of hydrogen-bond donors (Lipinski definition) is 1. The van der Waals surface area contributed by atoms with E-state index in [-0.39, 0.29) is 11.9 Å². The van der Waals surface area contributed by atoms with E-state index in [0.29, 0.717) is 26.1 Å². The molecule has 0 saturated carbocycles. The highest BCUT2D eigenvalue weighted by molar-refractivity contribution is 7.99. The third kappa shape index (κ3) is 2.33. The molecule has 0 spiro atoms. The van der Waals surface area contributed by atoms with Crippen LogP contribution in [0.2, 0.25) is 0 Å². The summed E-state index contributed by atoms with van der Waals surface area (Å²) in [7, 11) is 0. The van der Waals surface area contributed by atoms with Gasteiger partial charge in [0.25, 0.3) is 0 Å². The van der Waals surface area contributed by atoms with E-state index in [4.69, 9.17) is 4.74 Å². The summed E-state index contributed by atoms with van der Waals surface area (Å²) < 4.78 is 5.21. The van der Waals surface area contributed by atoms with Gasteiger partial charge in [-0.15, -0.1) is 0 Å². The van der Waals surface area contributed by atoms with Crippen molar-refractivity contribution < 1.29 is 9.53 Å². The fourth-order valence-corrected chi connectivity index (χ4v) is 3.23. The van der Waals surface area contributed by atoms with Gasteiger partial charge in [0.15, 0.2) is 0 Å². The van der Waals surface area contributed by atoms with E-state index in [2.05, 4.69) is 11.4 Å². The predicted molar refractivity (Wildman–Crippen MR) is 62.0 cm³/mol. The van der Waals surface area contributed by atoms with Crippen LogP contribution in [0, 0.1) is 16.7 Å². The van der Waals surface area contributed by atoms with Gasteiger partial charge in [-0.1, -0.05) is 0 Å². The van der Waals surface area contributed by atoms with Crippen molar-refractivity contribution in [1.82, 2.24) is 5.32 Å². The monoisotopic (exact) mass is 240 g/mol. The van der Waals surface area contributed by atoms with E-state index < -0.39 is 5.41 Å². The standard InChI is InChI=1S/C11H16N2O2S/c12-8-11(2-4-15-5-3-11)10(14)13-9-1-6-16-7-9/h9H,1-7H2,(H,13,14). The number of ether oxygens (including phenoxy) is 1. The van der Waals surface area contributed by atoms with Gasteiger partial charge in [-0.3, -0.25) is 4.79 Å². The lowest BCUT2D eigenvalue weighted by atomic mass is 9.80. The Hall–Kier alpha value is -0.730. The SMILES string of the molecule is N#CC1(C(=O)NC2CCSC2)CCOCC1. The summed E-state index contributed by atoms with van der Waals surface area (Å²) in [6.45, 7) is 1.03. The third-order valence-corrected chi connectivity index (χ3v) is 4.42. The van der Waals surface area contributed by atoms with Gasteiger partial charge >= 0.3 is 0 Å². The predicted octanol–water partition coefficient (Wildman–Crippen LogP) is 0.928. The second kappa shape index (κ2) is 5.07. The summed E-state index contributed by atoms with van der Waals surface area (Å²) in [4.78, 5) is 12.1. The first-order valence-electron chi connectivity index (χ1n) is 5.64. The number of thioether (sulfide) groups is 1. The van der Waals surface area contributed by atoms with Crippen molar-refractivity contribution in [3.63, 3.8) is 0 Å². The number of nitriles is 1. The minimum atomic E-state index is -0.842. The Morgan fingerprint density at radius 2 is 2.25 bits per heavy atom. The fourth-order valence-electron chi connectivity index (χ4n) is 2.08. The molecule has 4 nitrogen and oxygen atoms in total. The van der Waals surface area contributed by atoms with Gasteiger partial charge in [0, 0.05) is 25.0 Å². The summed E-state index contributed by atoms with van der Waals surface area (Å²) in [5, 5.41) is 12.2. The molecule has 2 fully saturated rings. The Kier molecular flexibility index (Phi) is 3.72. The van der Waals surface area contributed by atoms with Gasteiger partial charge in [0.1, 0.15) is 5.41 Å². The molecule has 2 heterocycles. The van der Waals surface area contributed by atoms with Crippen LogP contribution in [0.5, 0.6) is 0 Å². The van der Waals surface area contributed by atoms with Crippen LogP contribution in [0.15, 0.2) is 0 Å². The summed E-state index contributed by atoms with van der Waals surface area (Å²) in [5.74, 6) is 1.99. The largest absolute Gasteiger partial charge is 0.381 e. The Balaban J connectivity index is 1.97. The summed E-state index contributed by atoms with van der Waals surface area (Å²) >= 11 is 1.86. The topological polar surface area (TPSA) is 62.1 Å². The lowest BCUT2D eigenvalue weighted by Gasteiger charge is -2.30. The van der Waals surface area contributed by atoms with Crippen molar-refractivity contribution in [1.29, 1.82) is 5.26 Å². The molecular formula is C11H16N2O2S. The Bertz CT molecular complexity index is 302. The molecular weight excluding hydrogens is 224 g/mol. The Labute approximate surface area is 99.7 Å². The van der Waals surface area contributed by atoms with Crippen molar-refractivity contribution in [3.05, 3.63) is 0 Å². The van der Waals surface area contributed by atoms with Crippen molar-refractivity contribution >= 4 is 17.7 Å². The van der Waals surface area contributed by atoms with Crippen LogP contribution >= 0.6 is 11.8 Å². The number of carbonyl (C=O) groups excluding carboxylic acids is 1. The van der Waals surface area contributed by atoms with Crippen LogP contribution in [0.4, 0.5) is 0 Å². The molecule has 2 aliphatic heterocycles. The average molecular weight is 240 g/mol. The maximum atomic E-state index is 12.1. The van der Waals surface area contributed by atoms with Gasteiger partial charge in [-0.2, -0.15) is 17.0 Å². The molecule has 2 aliphatic rings. The Morgan fingerprint density at radius 1 is 1.50 bits per heavy atom. The number of hydrogen-bond acceptors (Lipinski definition) is 4. The second-order valence-corrected chi connectivity index (χ2v) is 5.49. The van der Waals surface area contributed by atoms with Crippen LogP contribution in [-0.4, -0.2) is 36.7 Å². The molecule has 1 atom stereocenters. The highest BCUT2D eigenvalue weighted by atomic mass is 32.2. The van der Waals surface area contributed by atoms with Gasteiger partial charge < -0.3 is 10.1 Å². The molecule has 88 valence electrons. The second-order valence-electron chi connectivity index (χ2n) is 4.34. The molecule has 0 aliphatic carbocycles. The van der Waals surface area contributed by atoms with Gasteiger partial charge in [0.05, 0.1) is 6.07 Å². The molecule has 2 rings (SSSR count). The molecule has 0 aromatic heterocycles. The molecule has 0 aromatic rings. The summed E-state index contributed by atoms with van der Waals surface area (Å²) in [6.07, 6.45) is 2.07. The van der Waals surface area contributed by atoms with Crippen molar-refractivity contribution in [2.45, 2.75) is 25.3 Å². The minimum Gasteiger partial charge on any atom is -0.381 e. The summed E-state index contributed by atoms with van der Waals surface area (Å²) in [6, 6.07) is 2.45. The molecule has 1 N–H and O–H groups in total. The van der Waals surface area contributed by atoms with Crippen LogP contribution < -0.4 is 5.32 Å². The van der Waals surface area contributed by atoms with E-state index in [1.807, 2.05) is 11.8 Å². The van der Waals surface area contributed by atoms with Crippen LogP contribution in [-0.2, 0) is 9.53 Å². The van der Waals surface area contributed by atoms with Crippen molar-refractivity contribution in [2.24, 2.45) is 5.41 Å². The average Bonchev–Trinajstić information content (AvgIpc) is 2.82. The normalized spacial score (nSPS) is 28.3. The number of amides is 1. The number of carbonyl (C=O) groups is 1. The summed E-state index contributed by atoms with van der Waals surface area (Å²) in [5.41, 5.74) is -0.842. The van der Waals surface area contributed by atoms with Gasteiger partial charge in [-0.05, 0) is 25.0 Å². The van der Waals surface area contributed by atoms with Crippen LogP contribution in [0.3, 0.4) is 0 Å². The van der Waals surface area contributed by atoms with E-state index in [0.717, 1.165) is 17.9 Å². The molecule has 0 bridgehead atoms. The molecule has 1 unspecified atom stereocenters. The van der Waals surface area contributed by atoms with Crippen molar-refractivity contribution in [3.8, 4) is 6.07 Å². The number of rotatable bonds is 2. The highest BCUT2D eigenvalue weighted by Crippen LogP contribution is 2.30. The molecule has 1 amide bonds. The molecule has 0 radical (unpaired) electrons. The van der Waals surface area contributed by atoms with E-state index >= 15 is 0 Å². The number of nitrogens with zero attached hydrogens (tertiary/aromatic N) is 1.